The highest BCUT2D eigenvalue weighted by atomic mass is 16.5. The number of hydrogen-bond acceptors (Lipinski definition) is 6. The summed E-state index contributed by atoms with van der Waals surface area (Å²) in [5, 5.41) is 0. The van der Waals surface area contributed by atoms with Crippen LogP contribution in [0.5, 0.6) is 23.0 Å². The maximum Gasteiger partial charge on any atom is 0.203 e. The number of rotatable bonds is 8. The molecule has 2 N–H and O–H groups in total. The van der Waals surface area contributed by atoms with E-state index >= 15 is 0 Å². The zero-order valence-corrected chi connectivity index (χ0v) is 17.2. The van der Waals surface area contributed by atoms with E-state index in [-0.39, 0.29) is 11.7 Å². The quantitative estimate of drug-likeness (QED) is 0.416. The standard InChI is InChI=1S/C22H27NO5/c1-13(2)16(9-14-7-8-17(23)18(10-14)25-3)21(24)15-11-19(26-4)22(28-6)20(12-15)27-5/h7-13H,23H2,1-6H3. The predicted molar refractivity (Wildman–Crippen MR) is 111 cm³/mol. The molecule has 0 bridgehead atoms. The summed E-state index contributed by atoms with van der Waals surface area (Å²) >= 11 is 0. The topological polar surface area (TPSA) is 80.0 Å². The van der Waals surface area contributed by atoms with Crippen molar-refractivity contribution in [2.75, 3.05) is 34.2 Å². The van der Waals surface area contributed by atoms with Crippen LogP contribution in [0.3, 0.4) is 0 Å². The average molecular weight is 385 g/mol. The van der Waals surface area contributed by atoms with E-state index in [1.807, 2.05) is 26.0 Å². The Bertz CT molecular complexity index is 861. The zero-order chi connectivity index (χ0) is 20.8. The van der Waals surface area contributed by atoms with Gasteiger partial charge in [-0.3, -0.25) is 4.79 Å². The van der Waals surface area contributed by atoms with Crippen molar-refractivity contribution in [3.8, 4) is 23.0 Å². The summed E-state index contributed by atoms with van der Waals surface area (Å²) in [6.45, 7) is 3.94. The molecule has 0 aliphatic carbocycles. The van der Waals surface area contributed by atoms with Gasteiger partial charge in [0.05, 0.1) is 34.1 Å². The molecule has 2 aromatic rings. The molecule has 0 amide bonds. The largest absolute Gasteiger partial charge is 0.495 e. The van der Waals surface area contributed by atoms with E-state index in [2.05, 4.69) is 0 Å². The van der Waals surface area contributed by atoms with Crippen LogP contribution in [0.4, 0.5) is 5.69 Å². The smallest absolute Gasteiger partial charge is 0.203 e. The minimum Gasteiger partial charge on any atom is -0.495 e. The third-order valence-electron chi connectivity index (χ3n) is 4.39. The van der Waals surface area contributed by atoms with Gasteiger partial charge in [-0.25, -0.2) is 0 Å². The number of nitrogens with two attached hydrogens (primary N) is 1. The minimum absolute atomic E-state index is 0.00450. The molecule has 0 unspecified atom stereocenters. The average Bonchev–Trinajstić information content (AvgIpc) is 2.70. The molecule has 150 valence electrons. The van der Waals surface area contributed by atoms with Crippen LogP contribution >= 0.6 is 0 Å². The second-order valence-electron chi connectivity index (χ2n) is 6.50. The number of anilines is 1. The lowest BCUT2D eigenvalue weighted by Crippen LogP contribution is -2.10. The second kappa shape index (κ2) is 9.17. The fourth-order valence-corrected chi connectivity index (χ4v) is 2.87. The summed E-state index contributed by atoms with van der Waals surface area (Å²) in [5.74, 6) is 1.75. The number of nitrogen functional groups attached to an aromatic ring is 1. The molecule has 0 aromatic heterocycles. The number of benzene rings is 2. The van der Waals surface area contributed by atoms with Gasteiger partial charge in [-0.2, -0.15) is 0 Å². The zero-order valence-electron chi connectivity index (χ0n) is 17.2. The lowest BCUT2D eigenvalue weighted by atomic mass is 9.92. The lowest BCUT2D eigenvalue weighted by Gasteiger charge is -2.16. The van der Waals surface area contributed by atoms with Gasteiger partial charge < -0.3 is 24.7 Å². The van der Waals surface area contributed by atoms with Crippen LogP contribution in [0.2, 0.25) is 0 Å². The molecule has 0 spiro atoms. The van der Waals surface area contributed by atoms with Gasteiger partial charge in [0.25, 0.3) is 0 Å². The fourth-order valence-electron chi connectivity index (χ4n) is 2.87. The molecule has 0 aliphatic rings. The normalized spacial score (nSPS) is 11.3. The number of Topliss-reactive ketones (excluding diaryl/α,β-unsaturated/α-hetero) is 1. The van der Waals surface area contributed by atoms with Crippen molar-refractivity contribution in [3.05, 3.63) is 47.0 Å². The van der Waals surface area contributed by atoms with Gasteiger partial charge in [0.1, 0.15) is 5.75 Å². The van der Waals surface area contributed by atoms with Crippen molar-refractivity contribution >= 4 is 17.5 Å². The van der Waals surface area contributed by atoms with Crippen molar-refractivity contribution in [3.63, 3.8) is 0 Å². The van der Waals surface area contributed by atoms with Crippen molar-refractivity contribution in [1.82, 2.24) is 0 Å². The van der Waals surface area contributed by atoms with Crippen molar-refractivity contribution in [2.24, 2.45) is 5.92 Å². The van der Waals surface area contributed by atoms with Crippen LogP contribution in [0.15, 0.2) is 35.9 Å². The van der Waals surface area contributed by atoms with E-state index in [1.165, 1.54) is 21.3 Å². The van der Waals surface area contributed by atoms with Gasteiger partial charge in [-0.1, -0.05) is 19.9 Å². The van der Waals surface area contributed by atoms with E-state index in [0.29, 0.717) is 39.8 Å². The second-order valence-corrected chi connectivity index (χ2v) is 6.50. The molecule has 2 rings (SSSR count). The molecular weight excluding hydrogens is 358 g/mol. The van der Waals surface area contributed by atoms with E-state index in [0.717, 1.165) is 5.56 Å². The Morgan fingerprint density at radius 3 is 1.93 bits per heavy atom. The van der Waals surface area contributed by atoms with Gasteiger partial charge in [-0.05, 0) is 41.8 Å². The molecule has 0 saturated carbocycles. The molecule has 0 fully saturated rings. The first kappa shape index (κ1) is 21.2. The number of ketones is 1. The highest BCUT2D eigenvalue weighted by Crippen LogP contribution is 2.39. The van der Waals surface area contributed by atoms with E-state index in [1.54, 1.807) is 31.4 Å². The van der Waals surface area contributed by atoms with Gasteiger partial charge in [0.15, 0.2) is 17.3 Å². The maximum absolute atomic E-state index is 13.3. The summed E-state index contributed by atoms with van der Waals surface area (Å²) in [7, 11) is 6.12. The Kier molecular flexibility index (Phi) is 6.93. The third-order valence-corrected chi connectivity index (χ3v) is 4.39. The van der Waals surface area contributed by atoms with Crippen LogP contribution in [-0.2, 0) is 0 Å². The van der Waals surface area contributed by atoms with Crippen molar-refractivity contribution in [1.29, 1.82) is 0 Å². The molecule has 0 saturated heterocycles. The summed E-state index contributed by atoms with van der Waals surface area (Å²) in [4.78, 5) is 13.3. The van der Waals surface area contributed by atoms with Gasteiger partial charge >= 0.3 is 0 Å². The Hall–Kier alpha value is -3.15. The Labute approximate surface area is 165 Å². The number of carbonyl (C=O) groups is 1. The molecule has 2 aromatic carbocycles. The first-order valence-electron chi connectivity index (χ1n) is 8.86. The van der Waals surface area contributed by atoms with E-state index < -0.39 is 0 Å². The molecule has 6 heteroatoms. The van der Waals surface area contributed by atoms with Gasteiger partial charge in [0.2, 0.25) is 5.75 Å². The van der Waals surface area contributed by atoms with E-state index in [9.17, 15) is 4.79 Å². The highest BCUT2D eigenvalue weighted by molar-refractivity contribution is 6.12. The highest BCUT2D eigenvalue weighted by Gasteiger charge is 2.21. The first-order valence-corrected chi connectivity index (χ1v) is 8.86. The summed E-state index contributed by atoms with van der Waals surface area (Å²) in [6, 6.07) is 8.72. The molecule has 6 nitrogen and oxygen atoms in total. The number of ether oxygens (including phenoxy) is 4. The monoisotopic (exact) mass is 385 g/mol. The van der Waals surface area contributed by atoms with Crippen LogP contribution in [0.1, 0.15) is 29.8 Å². The molecular formula is C22H27NO5. The van der Waals surface area contributed by atoms with Crippen LogP contribution in [0, 0.1) is 5.92 Å². The lowest BCUT2D eigenvalue weighted by molar-refractivity contribution is 0.102. The van der Waals surface area contributed by atoms with Gasteiger partial charge in [-0.15, -0.1) is 0 Å². The SMILES string of the molecule is COc1cc(C=C(C(=O)c2cc(OC)c(OC)c(OC)c2)C(C)C)ccc1N. The fraction of sp³-hybridized carbons (Fsp3) is 0.318. The number of hydrogen-bond donors (Lipinski definition) is 1. The van der Waals surface area contributed by atoms with Crippen LogP contribution < -0.4 is 24.7 Å². The molecule has 28 heavy (non-hydrogen) atoms. The molecule has 0 aliphatic heterocycles. The Morgan fingerprint density at radius 2 is 1.46 bits per heavy atom. The maximum atomic E-state index is 13.3. The summed E-state index contributed by atoms with van der Waals surface area (Å²) in [5.41, 5.74) is 8.35. The van der Waals surface area contributed by atoms with Crippen LogP contribution in [-0.4, -0.2) is 34.2 Å². The van der Waals surface area contributed by atoms with Crippen molar-refractivity contribution in [2.45, 2.75) is 13.8 Å². The molecule has 0 atom stereocenters. The summed E-state index contributed by atoms with van der Waals surface area (Å²) in [6.07, 6.45) is 1.85. The minimum atomic E-state index is -0.120. The third kappa shape index (κ3) is 4.39. The van der Waals surface area contributed by atoms with Crippen LogP contribution in [0.25, 0.3) is 6.08 Å². The number of methoxy groups -OCH3 is 4. The Morgan fingerprint density at radius 1 is 0.893 bits per heavy atom. The molecule has 0 radical (unpaired) electrons. The van der Waals surface area contributed by atoms with Gasteiger partial charge in [0, 0.05) is 11.1 Å². The van der Waals surface area contributed by atoms with Crippen molar-refractivity contribution < 1.29 is 23.7 Å². The summed E-state index contributed by atoms with van der Waals surface area (Å²) < 4.78 is 21.3. The Balaban J connectivity index is 2.54. The number of carbonyl (C=O) groups excluding carboxylic acids is 1. The molecule has 0 heterocycles. The van der Waals surface area contributed by atoms with E-state index in [4.69, 9.17) is 24.7 Å². The predicted octanol–water partition coefficient (Wildman–Crippen LogP) is 4.23. The first-order chi connectivity index (χ1) is 13.4. The number of allylic oxidation sites excluding steroid dienone is 1.